The van der Waals surface area contributed by atoms with Gasteiger partial charge in [-0.1, -0.05) is 19.4 Å². The first-order valence-corrected chi connectivity index (χ1v) is 6.03. The van der Waals surface area contributed by atoms with Crippen molar-refractivity contribution in [1.29, 1.82) is 0 Å². The molecule has 0 aliphatic heterocycles. The molecule has 6 heteroatoms. The van der Waals surface area contributed by atoms with Gasteiger partial charge in [-0.3, -0.25) is 0 Å². The summed E-state index contributed by atoms with van der Waals surface area (Å²) in [7, 11) is 0. The van der Waals surface area contributed by atoms with Crippen LogP contribution in [0.3, 0.4) is 0 Å². The summed E-state index contributed by atoms with van der Waals surface area (Å²) in [6.07, 6.45) is 4.15. The predicted molar refractivity (Wildman–Crippen MR) is 67.7 cm³/mol. The number of carbonyl (C=O) groups is 2. The Morgan fingerprint density at radius 2 is 1.95 bits per heavy atom. The van der Waals surface area contributed by atoms with Gasteiger partial charge < -0.3 is 10.2 Å². The van der Waals surface area contributed by atoms with Gasteiger partial charge in [0.25, 0.3) is 0 Å². The third-order valence-electron chi connectivity index (χ3n) is 2.29. The zero-order valence-electron chi connectivity index (χ0n) is 11.0. The SMILES string of the molecule is C=CC(=O)OOC(=O)/C(C)=C/C(O)CCCCCO. The molecular formula is C13H20O6. The molecule has 0 spiro atoms. The third kappa shape index (κ3) is 8.98. The molecule has 0 aliphatic carbocycles. The normalized spacial score (nSPS) is 12.7. The quantitative estimate of drug-likeness (QED) is 0.297. The van der Waals surface area contributed by atoms with Crippen LogP contribution in [0.15, 0.2) is 24.3 Å². The maximum Gasteiger partial charge on any atom is 0.381 e. The molecule has 0 rings (SSSR count). The van der Waals surface area contributed by atoms with E-state index >= 15 is 0 Å². The number of unbranched alkanes of at least 4 members (excludes halogenated alkanes) is 2. The molecule has 19 heavy (non-hydrogen) atoms. The number of aliphatic hydroxyl groups excluding tert-OH is 2. The molecule has 0 saturated carbocycles. The molecule has 0 aromatic rings. The van der Waals surface area contributed by atoms with Gasteiger partial charge in [-0.05, 0) is 25.8 Å². The largest absolute Gasteiger partial charge is 0.396 e. The van der Waals surface area contributed by atoms with Crippen molar-refractivity contribution in [1.82, 2.24) is 0 Å². The predicted octanol–water partition coefficient (Wildman–Crippen LogP) is 1.03. The summed E-state index contributed by atoms with van der Waals surface area (Å²) < 4.78 is 0. The molecule has 0 bridgehead atoms. The summed E-state index contributed by atoms with van der Waals surface area (Å²) >= 11 is 0. The zero-order chi connectivity index (χ0) is 14.7. The third-order valence-corrected chi connectivity index (χ3v) is 2.29. The lowest BCUT2D eigenvalue weighted by molar-refractivity contribution is -0.251. The second-order valence-electron chi connectivity index (χ2n) is 3.97. The molecule has 0 aromatic heterocycles. The minimum absolute atomic E-state index is 0.131. The van der Waals surface area contributed by atoms with Gasteiger partial charge in [-0.25, -0.2) is 19.4 Å². The lowest BCUT2D eigenvalue weighted by atomic mass is 10.1. The first-order valence-electron chi connectivity index (χ1n) is 6.03. The van der Waals surface area contributed by atoms with Crippen molar-refractivity contribution in [2.75, 3.05) is 6.61 Å². The Morgan fingerprint density at radius 3 is 2.53 bits per heavy atom. The van der Waals surface area contributed by atoms with E-state index in [1.165, 1.54) is 13.0 Å². The van der Waals surface area contributed by atoms with E-state index in [1.807, 2.05) is 0 Å². The molecule has 0 radical (unpaired) electrons. The molecule has 0 fully saturated rings. The first kappa shape index (κ1) is 17.3. The Hall–Kier alpha value is -1.66. The molecule has 1 unspecified atom stereocenters. The first-order chi connectivity index (χ1) is 9.01. The van der Waals surface area contributed by atoms with Gasteiger partial charge in [-0.2, -0.15) is 0 Å². The van der Waals surface area contributed by atoms with Crippen LogP contribution in [0.4, 0.5) is 0 Å². The number of hydrogen-bond acceptors (Lipinski definition) is 6. The van der Waals surface area contributed by atoms with Crippen molar-refractivity contribution >= 4 is 11.9 Å². The van der Waals surface area contributed by atoms with Gasteiger partial charge in [0.2, 0.25) is 0 Å². The highest BCUT2D eigenvalue weighted by atomic mass is 17.2. The van der Waals surface area contributed by atoms with E-state index in [1.54, 1.807) is 0 Å². The lowest BCUT2D eigenvalue weighted by Gasteiger charge is -2.07. The average molecular weight is 272 g/mol. The van der Waals surface area contributed by atoms with Crippen LogP contribution in [0, 0.1) is 0 Å². The van der Waals surface area contributed by atoms with E-state index < -0.39 is 18.0 Å². The average Bonchev–Trinajstić information content (AvgIpc) is 2.40. The van der Waals surface area contributed by atoms with Crippen molar-refractivity contribution in [2.45, 2.75) is 38.7 Å². The van der Waals surface area contributed by atoms with Crippen LogP contribution in [-0.2, 0) is 19.4 Å². The van der Waals surface area contributed by atoms with Crippen molar-refractivity contribution in [3.8, 4) is 0 Å². The van der Waals surface area contributed by atoms with Gasteiger partial charge in [0.1, 0.15) is 0 Å². The van der Waals surface area contributed by atoms with Crippen molar-refractivity contribution < 1.29 is 29.6 Å². The summed E-state index contributed by atoms with van der Waals surface area (Å²) in [6, 6.07) is 0. The molecule has 6 nitrogen and oxygen atoms in total. The summed E-state index contributed by atoms with van der Waals surface area (Å²) in [6.45, 7) is 4.72. The van der Waals surface area contributed by atoms with E-state index in [-0.39, 0.29) is 12.2 Å². The van der Waals surface area contributed by atoms with Gasteiger partial charge >= 0.3 is 11.9 Å². The minimum atomic E-state index is -0.870. The monoisotopic (exact) mass is 272 g/mol. The number of rotatable bonds is 8. The molecule has 108 valence electrons. The van der Waals surface area contributed by atoms with Gasteiger partial charge in [-0.15, -0.1) is 0 Å². The van der Waals surface area contributed by atoms with Crippen LogP contribution >= 0.6 is 0 Å². The topological polar surface area (TPSA) is 93.1 Å². The van der Waals surface area contributed by atoms with Gasteiger partial charge in [0, 0.05) is 18.3 Å². The van der Waals surface area contributed by atoms with E-state index in [0.29, 0.717) is 12.8 Å². The Morgan fingerprint density at radius 1 is 1.26 bits per heavy atom. The molecule has 0 amide bonds. The lowest BCUT2D eigenvalue weighted by Crippen LogP contribution is -2.12. The van der Waals surface area contributed by atoms with Crippen molar-refractivity contribution in [3.63, 3.8) is 0 Å². The molecule has 1 atom stereocenters. The van der Waals surface area contributed by atoms with Crippen LogP contribution in [0.25, 0.3) is 0 Å². The number of hydrogen-bond donors (Lipinski definition) is 2. The summed E-state index contributed by atoms with van der Waals surface area (Å²) in [5.41, 5.74) is 0.145. The van der Waals surface area contributed by atoms with E-state index in [4.69, 9.17) is 5.11 Å². The highest BCUT2D eigenvalue weighted by molar-refractivity contribution is 5.88. The van der Waals surface area contributed by atoms with Crippen LogP contribution < -0.4 is 0 Å². The fourth-order valence-electron chi connectivity index (χ4n) is 1.26. The van der Waals surface area contributed by atoms with Crippen LogP contribution in [0.5, 0.6) is 0 Å². The second-order valence-corrected chi connectivity index (χ2v) is 3.97. The molecular weight excluding hydrogens is 252 g/mol. The van der Waals surface area contributed by atoms with Crippen molar-refractivity contribution in [3.05, 3.63) is 24.3 Å². The van der Waals surface area contributed by atoms with E-state index in [0.717, 1.165) is 18.9 Å². The van der Waals surface area contributed by atoms with Crippen LogP contribution in [0.1, 0.15) is 32.6 Å². The van der Waals surface area contributed by atoms with E-state index in [9.17, 15) is 14.7 Å². The summed E-state index contributed by atoms with van der Waals surface area (Å²) in [4.78, 5) is 30.3. The molecule has 0 aliphatic rings. The molecule has 0 heterocycles. The van der Waals surface area contributed by atoms with Gasteiger partial charge in [0.05, 0.1) is 6.10 Å². The van der Waals surface area contributed by atoms with E-state index in [2.05, 4.69) is 16.4 Å². The fourth-order valence-corrected chi connectivity index (χ4v) is 1.26. The Kier molecular flexibility index (Phi) is 9.38. The Bertz CT molecular complexity index is 334. The molecule has 0 aromatic carbocycles. The fraction of sp³-hybridized carbons (Fsp3) is 0.538. The number of carbonyl (C=O) groups excluding carboxylic acids is 2. The van der Waals surface area contributed by atoms with Gasteiger partial charge in [0.15, 0.2) is 0 Å². The van der Waals surface area contributed by atoms with Crippen molar-refractivity contribution in [2.24, 2.45) is 0 Å². The Balaban J connectivity index is 4.04. The zero-order valence-corrected chi connectivity index (χ0v) is 11.0. The van der Waals surface area contributed by atoms with Crippen LogP contribution in [0.2, 0.25) is 0 Å². The minimum Gasteiger partial charge on any atom is -0.396 e. The molecule has 0 saturated heterocycles. The number of aliphatic hydroxyl groups is 2. The standard InChI is InChI=1S/C13H20O6/c1-3-12(16)18-19-13(17)10(2)9-11(15)7-5-4-6-8-14/h3,9,11,14-15H,1,4-8H2,2H3/b10-9+. The Labute approximate surface area is 112 Å². The molecule has 2 N–H and O–H groups in total. The highest BCUT2D eigenvalue weighted by Gasteiger charge is 2.11. The second kappa shape index (κ2) is 10.3. The summed E-state index contributed by atoms with van der Waals surface area (Å²) in [5.74, 6) is -1.71. The highest BCUT2D eigenvalue weighted by Crippen LogP contribution is 2.08. The smallest absolute Gasteiger partial charge is 0.381 e. The summed E-state index contributed by atoms with van der Waals surface area (Å²) in [5, 5.41) is 18.2. The maximum atomic E-state index is 11.3. The van der Waals surface area contributed by atoms with Crippen LogP contribution in [-0.4, -0.2) is 34.9 Å². The maximum absolute atomic E-state index is 11.3.